The molecule has 0 saturated carbocycles. The first-order valence-electron chi connectivity index (χ1n) is 7.50. The zero-order valence-corrected chi connectivity index (χ0v) is 12.6. The molecule has 0 saturated heterocycles. The molecule has 2 rings (SSSR count). The summed E-state index contributed by atoms with van der Waals surface area (Å²) < 4.78 is 0. The molecule has 0 aliphatic rings. The van der Waals surface area contributed by atoms with E-state index in [1.54, 1.807) is 0 Å². The van der Waals surface area contributed by atoms with Crippen molar-refractivity contribution in [3.8, 4) is 16.9 Å². The Hall–Kier alpha value is -1.76. The van der Waals surface area contributed by atoms with Gasteiger partial charge in [0, 0.05) is 5.56 Å². The van der Waals surface area contributed by atoms with Crippen molar-refractivity contribution in [2.45, 2.75) is 39.5 Å². The van der Waals surface area contributed by atoms with Crippen LogP contribution in [0.3, 0.4) is 0 Å². The summed E-state index contributed by atoms with van der Waals surface area (Å²) >= 11 is 0. The van der Waals surface area contributed by atoms with Gasteiger partial charge in [0.05, 0.1) is 0 Å². The molecular weight excluding hydrogens is 244 g/mol. The molecule has 0 spiro atoms. The number of benzene rings is 2. The third kappa shape index (κ3) is 3.41. The highest BCUT2D eigenvalue weighted by Gasteiger charge is 2.14. The maximum Gasteiger partial charge on any atom is 0.123 e. The van der Waals surface area contributed by atoms with Crippen molar-refractivity contribution in [3.05, 3.63) is 54.1 Å². The molecule has 2 aromatic rings. The maximum atomic E-state index is 10.1. The van der Waals surface area contributed by atoms with Gasteiger partial charge in [-0.1, -0.05) is 57.2 Å². The topological polar surface area (TPSA) is 20.2 Å². The lowest BCUT2D eigenvalue weighted by molar-refractivity contribution is 0.473. The SMILES string of the molecule is CCC(CC(C)C)c1ccc(O)c(-c2ccccc2)c1. The van der Waals surface area contributed by atoms with Gasteiger partial charge >= 0.3 is 0 Å². The van der Waals surface area contributed by atoms with E-state index in [2.05, 4.69) is 32.9 Å². The first-order chi connectivity index (χ1) is 9.61. The minimum atomic E-state index is 0.361. The molecule has 0 bridgehead atoms. The van der Waals surface area contributed by atoms with Crippen LogP contribution in [0.4, 0.5) is 0 Å². The Morgan fingerprint density at radius 3 is 2.30 bits per heavy atom. The van der Waals surface area contributed by atoms with E-state index in [9.17, 15) is 5.11 Å². The molecule has 1 atom stereocenters. The molecule has 0 radical (unpaired) electrons. The summed E-state index contributed by atoms with van der Waals surface area (Å²) in [7, 11) is 0. The van der Waals surface area contributed by atoms with Crippen LogP contribution in [0.1, 0.15) is 45.1 Å². The van der Waals surface area contributed by atoms with Crippen molar-refractivity contribution < 1.29 is 5.11 Å². The first kappa shape index (κ1) is 14.6. The number of hydrogen-bond donors (Lipinski definition) is 1. The summed E-state index contributed by atoms with van der Waals surface area (Å²) in [5.74, 6) is 1.62. The second-order valence-corrected chi connectivity index (χ2v) is 5.88. The molecule has 1 N–H and O–H groups in total. The average molecular weight is 268 g/mol. The van der Waals surface area contributed by atoms with Gasteiger partial charge in [-0.05, 0) is 47.9 Å². The Kier molecular flexibility index (Phi) is 4.84. The third-order valence-electron chi connectivity index (χ3n) is 3.83. The molecule has 1 heteroatoms. The van der Waals surface area contributed by atoms with E-state index in [1.807, 2.05) is 36.4 Å². The van der Waals surface area contributed by atoms with Crippen molar-refractivity contribution in [2.75, 3.05) is 0 Å². The Labute approximate surface area is 122 Å². The van der Waals surface area contributed by atoms with Gasteiger partial charge < -0.3 is 5.11 Å². The lowest BCUT2D eigenvalue weighted by Crippen LogP contribution is -2.02. The molecular formula is C19H24O. The van der Waals surface area contributed by atoms with E-state index in [0.717, 1.165) is 17.5 Å². The van der Waals surface area contributed by atoms with Gasteiger partial charge in [-0.3, -0.25) is 0 Å². The van der Waals surface area contributed by atoms with Crippen molar-refractivity contribution in [1.82, 2.24) is 0 Å². The molecule has 1 unspecified atom stereocenters. The quantitative estimate of drug-likeness (QED) is 0.748. The number of hydrogen-bond acceptors (Lipinski definition) is 1. The number of rotatable bonds is 5. The monoisotopic (exact) mass is 268 g/mol. The van der Waals surface area contributed by atoms with E-state index < -0.39 is 0 Å². The van der Waals surface area contributed by atoms with Gasteiger partial charge in [0.15, 0.2) is 0 Å². The van der Waals surface area contributed by atoms with Gasteiger partial charge in [-0.25, -0.2) is 0 Å². The minimum absolute atomic E-state index is 0.361. The molecule has 20 heavy (non-hydrogen) atoms. The van der Waals surface area contributed by atoms with Crippen LogP contribution in [0.25, 0.3) is 11.1 Å². The van der Waals surface area contributed by atoms with E-state index in [4.69, 9.17) is 0 Å². The second-order valence-electron chi connectivity index (χ2n) is 5.88. The summed E-state index contributed by atoms with van der Waals surface area (Å²) in [6.45, 7) is 6.77. The van der Waals surface area contributed by atoms with Crippen LogP contribution in [0.2, 0.25) is 0 Å². The lowest BCUT2D eigenvalue weighted by Gasteiger charge is -2.19. The predicted molar refractivity (Wildman–Crippen MR) is 86.0 cm³/mol. The predicted octanol–water partition coefficient (Wildman–Crippen LogP) is 5.60. The van der Waals surface area contributed by atoms with Crippen LogP contribution in [0.5, 0.6) is 5.75 Å². The fourth-order valence-electron chi connectivity index (χ4n) is 2.76. The van der Waals surface area contributed by atoms with Crippen LogP contribution >= 0.6 is 0 Å². The van der Waals surface area contributed by atoms with Gasteiger partial charge in [0.25, 0.3) is 0 Å². The highest BCUT2D eigenvalue weighted by Crippen LogP contribution is 2.35. The second kappa shape index (κ2) is 6.60. The Balaban J connectivity index is 2.38. The fourth-order valence-corrected chi connectivity index (χ4v) is 2.76. The van der Waals surface area contributed by atoms with E-state index in [0.29, 0.717) is 17.6 Å². The molecule has 0 aromatic heterocycles. The van der Waals surface area contributed by atoms with Crippen LogP contribution in [0.15, 0.2) is 48.5 Å². The summed E-state index contributed by atoms with van der Waals surface area (Å²) in [4.78, 5) is 0. The normalized spacial score (nSPS) is 12.6. The number of aromatic hydroxyl groups is 1. The average Bonchev–Trinajstić information content (AvgIpc) is 2.46. The summed E-state index contributed by atoms with van der Waals surface area (Å²) in [6.07, 6.45) is 2.33. The zero-order chi connectivity index (χ0) is 14.5. The highest BCUT2D eigenvalue weighted by molar-refractivity contribution is 5.70. The Bertz CT molecular complexity index is 543. The summed E-state index contributed by atoms with van der Waals surface area (Å²) in [5.41, 5.74) is 3.34. The molecule has 0 aliphatic carbocycles. The van der Waals surface area contributed by atoms with Crippen LogP contribution in [-0.2, 0) is 0 Å². The minimum Gasteiger partial charge on any atom is -0.507 e. The van der Waals surface area contributed by atoms with Crippen molar-refractivity contribution in [3.63, 3.8) is 0 Å². The zero-order valence-electron chi connectivity index (χ0n) is 12.6. The standard InChI is InChI=1S/C19H24O/c1-4-15(12-14(2)3)17-10-11-19(20)18(13-17)16-8-6-5-7-9-16/h5-11,13-15,20H,4,12H2,1-3H3. The van der Waals surface area contributed by atoms with Crippen molar-refractivity contribution in [2.24, 2.45) is 5.92 Å². The molecule has 0 heterocycles. The molecule has 1 nitrogen and oxygen atoms in total. The smallest absolute Gasteiger partial charge is 0.123 e. The molecule has 0 amide bonds. The van der Waals surface area contributed by atoms with Gasteiger partial charge in [-0.2, -0.15) is 0 Å². The van der Waals surface area contributed by atoms with E-state index >= 15 is 0 Å². The molecule has 2 aromatic carbocycles. The van der Waals surface area contributed by atoms with E-state index in [-0.39, 0.29) is 0 Å². The fraction of sp³-hybridized carbons (Fsp3) is 0.368. The Morgan fingerprint density at radius 1 is 1.00 bits per heavy atom. The molecule has 106 valence electrons. The van der Waals surface area contributed by atoms with Crippen molar-refractivity contribution >= 4 is 0 Å². The lowest BCUT2D eigenvalue weighted by atomic mass is 9.87. The number of phenols is 1. The largest absolute Gasteiger partial charge is 0.507 e. The number of phenolic OH excluding ortho intramolecular Hbond substituents is 1. The van der Waals surface area contributed by atoms with Crippen LogP contribution < -0.4 is 0 Å². The van der Waals surface area contributed by atoms with E-state index in [1.165, 1.54) is 12.0 Å². The first-order valence-corrected chi connectivity index (χ1v) is 7.50. The van der Waals surface area contributed by atoms with Crippen LogP contribution in [0, 0.1) is 5.92 Å². The summed E-state index contributed by atoms with van der Waals surface area (Å²) in [5, 5.41) is 10.1. The van der Waals surface area contributed by atoms with Gasteiger partial charge in [-0.15, -0.1) is 0 Å². The summed E-state index contributed by atoms with van der Waals surface area (Å²) in [6, 6.07) is 16.2. The molecule has 0 fully saturated rings. The van der Waals surface area contributed by atoms with Gasteiger partial charge in [0.1, 0.15) is 5.75 Å². The molecule has 0 aliphatic heterocycles. The van der Waals surface area contributed by atoms with Gasteiger partial charge in [0.2, 0.25) is 0 Å². The maximum absolute atomic E-state index is 10.1. The Morgan fingerprint density at radius 2 is 1.70 bits per heavy atom. The van der Waals surface area contributed by atoms with Crippen molar-refractivity contribution in [1.29, 1.82) is 0 Å². The third-order valence-corrected chi connectivity index (χ3v) is 3.83. The highest BCUT2D eigenvalue weighted by atomic mass is 16.3. The van der Waals surface area contributed by atoms with Crippen LogP contribution in [-0.4, -0.2) is 5.11 Å².